The summed E-state index contributed by atoms with van der Waals surface area (Å²) >= 11 is 6.43. The largest absolute Gasteiger partial charge is 0.486 e. The van der Waals surface area contributed by atoms with Crippen LogP contribution in [0.15, 0.2) is 59.5 Å². The fourth-order valence-corrected chi connectivity index (χ4v) is 4.32. The van der Waals surface area contributed by atoms with Gasteiger partial charge in [-0.05, 0) is 24.3 Å². The van der Waals surface area contributed by atoms with Crippen molar-refractivity contribution in [1.82, 2.24) is 14.7 Å². The highest BCUT2D eigenvalue weighted by Crippen LogP contribution is 2.32. The molecule has 34 heavy (non-hydrogen) atoms. The van der Waals surface area contributed by atoms with Crippen molar-refractivity contribution in [1.29, 1.82) is 0 Å². The second-order valence-corrected chi connectivity index (χ2v) is 8.44. The van der Waals surface area contributed by atoms with E-state index in [2.05, 4.69) is 15.3 Å². The highest BCUT2D eigenvalue weighted by atomic mass is 35.5. The summed E-state index contributed by atoms with van der Waals surface area (Å²) in [5, 5.41) is 7.37. The number of anilines is 2. The van der Waals surface area contributed by atoms with E-state index in [-0.39, 0.29) is 23.0 Å². The van der Waals surface area contributed by atoms with Gasteiger partial charge in [0.25, 0.3) is 5.56 Å². The van der Waals surface area contributed by atoms with Crippen molar-refractivity contribution in [3.8, 4) is 17.2 Å². The summed E-state index contributed by atoms with van der Waals surface area (Å²) in [4.78, 5) is 29.4. The van der Waals surface area contributed by atoms with Gasteiger partial charge in [-0.25, -0.2) is 0 Å². The molecular formula is C24H24ClN5O4. The second-order valence-electron chi connectivity index (χ2n) is 8.07. The number of halogens is 1. The Balaban J connectivity index is 1.18. The lowest BCUT2D eigenvalue weighted by Gasteiger charge is -2.35. The maximum Gasteiger partial charge on any atom is 0.292 e. The van der Waals surface area contributed by atoms with Crippen LogP contribution in [0, 0.1) is 0 Å². The fraction of sp³-hybridized carbons (Fsp3) is 0.292. The smallest absolute Gasteiger partial charge is 0.292 e. The van der Waals surface area contributed by atoms with Crippen molar-refractivity contribution in [2.45, 2.75) is 0 Å². The van der Waals surface area contributed by atoms with Crippen LogP contribution in [0.3, 0.4) is 0 Å². The first-order valence-corrected chi connectivity index (χ1v) is 11.5. The third kappa shape index (κ3) is 4.71. The van der Waals surface area contributed by atoms with Gasteiger partial charge in [-0.3, -0.25) is 14.5 Å². The molecule has 3 heterocycles. The van der Waals surface area contributed by atoms with Crippen LogP contribution in [0.5, 0.6) is 11.5 Å². The zero-order valence-electron chi connectivity index (χ0n) is 18.4. The van der Waals surface area contributed by atoms with Crippen LogP contribution in [-0.2, 0) is 4.79 Å². The number of nitrogens with one attached hydrogen (secondary N) is 1. The summed E-state index contributed by atoms with van der Waals surface area (Å²) in [6.07, 6.45) is 1.63. The van der Waals surface area contributed by atoms with Crippen LogP contribution in [0.4, 0.5) is 11.4 Å². The molecule has 9 nitrogen and oxygen atoms in total. The average molecular weight is 482 g/mol. The van der Waals surface area contributed by atoms with Crippen LogP contribution in [0.2, 0.25) is 5.02 Å². The predicted molar refractivity (Wildman–Crippen MR) is 130 cm³/mol. The van der Waals surface area contributed by atoms with Crippen LogP contribution < -0.4 is 25.2 Å². The SMILES string of the molecule is O=C(CN1CCN(c2cnn(-c3ccccc3)c(=O)c2Cl)CC1)Nc1ccc2c(c1)OCCO2. The summed E-state index contributed by atoms with van der Waals surface area (Å²) in [7, 11) is 0. The number of aromatic nitrogens is 2. The molecule has 2 aliphatic heterocycles. The highest BCUT2D eigenvalue weighted by Gasteiger charge is 2.23. The molecule has 0 saturated carbocycles. The molecule has 3 aromatic rings. The van der Waals surface area contributed by atoms with Gasteiger partial charge < -0.3 is 19.7 Å². The minimum absolute atomic E-state index is 0.102. The van der Waals surface area contributed by atoms with Gasteiger partial charge in [0.15, 0.2) is 11.5 Å². The van der Waals surface area contributed by atoms with Crippen LogP contribution in [-0.4, -0.2) is 66.5 Å². The summed E-state index contributed by atoms with van der Waals surface area (Å²) in [6, 6.07) is 14.5. The first kappa shape index (κ1) is 22.2. The molecule has 10 heteroatoms. The van der Waals surface area contributed by atoms with E-state index in [0.29, 0.717) is 68.0 Å². The molecule has 5 rings (SSSR count). The lowest BCUT2D eigenvalue weighted by molar-refractivity contribution is -0.117. The number of ether oxygens (including phenoxy) is 2. The van der Waals surface area contributed by atoms with E-state index >= 15 is 0 Å². The van der Waals surface area contributed by atoms with E-state index in [1.54, 1.807) is 36.5 Å². The third-order valence-corrected chi connectivity index (χ3v) is 6.16. The van der Waals surface area contributed by atoms with Gasteiger partial charge in [0.1, 0.15) is 18.2 Å². The summed E-state index contributed by atoms with van der Waals surface area (Å²) in [5.41, 5.74) is 1.59. The average Bonchev–Trinajstić information content (AvgIpc) is 2.87. The van der Waals surface area contributed by atoms with Gasteiger partial charge >= 0.3 is 0 Å². The maximum atomic E-state index is 12.8. The molecule has 1 N–H and O–H groups in total. The summed E-state index contributed by atoms with van der Waals surface area (Å²) in [5.74, 6) is 1.22. The molecule has 176 valence electrons. The Morgan fingerprint density at radius 3 is 2.50 bits per heavy atom. The van der Waals surface area contributed by atoms with E-state index in [4.69, 9.17) is 21.1 Å². The lowest BCUT2D eigenvalue weighted by atomic mass is 10.2. The second kappa shape index (κ2) is 9.74. The molecule has 0 aliphatic carbocycles. The number of fused-ring (bicyclic) bond motifs is 1. The maximum absolute atomic E-state index is 12.8. The van der Waals surface area contributed by atoms with E-state index in [1.165, 1.54) is 4.68 Å². The van der Waals surface area contributed by atoms with Crippen molar-refractivity contribution in [2.24, 2.45) is 0 Å². The monoisotopic (exact) mass is 481 g/mol. The van der Waals surface area contributed by atoms with Crippen molar-refractivity contribution in [3.05, 3.63) is 70.1 Å². The molecule has 1 aromatic heterocycles. The van der Waals surface area contributed by atoms with E-state index in [0.717, 1.165) is 0 Å². The molecule has 0 spiro atoms. The Morgan fingerprint density at radius 1 is 1.00 bits per heavy atom. The minimum atomic E-state index is -0.355. The van der Waals surface area contributed by atoms with Gasteiger partial charge in [-0.2, -0.15) is 9.78 Å². The molecule has 0 bridgehead atoms. The van der Waals surface area contributed by atoms with Crippen molar-refractivity contribution in [2.75, 3.05) is 56.2 Å². The molecule has 0 unspecified atom stereocenters. The number of amides is 1. The van der Waals surface area contributed by atoms with E-state index in [1.807, 2.05) is 23.1 Å². The van der Waals surface area contributed by atoms with Gasteiger partial charge in [0.2, 0.25) is 5.91 Å². The van der Waals surface area contributed by atoms with Gasteiger partial charge in [0, 0.05) is 37.9 Å². The highest BCUT2D eigenvalue weighted by molar-refractivity contribution is 6.33. The number of benzene rings is 2. The topological polar surface area (TPSA) is 88.9 Å². The molecular weight excluding hydrogens is 458 g/mol. The van der Waals surface area contributed by atoms with Crippen molar-refractivity contribution in [3.63, 3.8) is 0 Å². The molecule has 0 atom stereocenters. The van der Waals surface area contributed by atoms with Crippen LogP contribution in [0.1, 0.15) is 0 Å². The first-order valence-electron chi connectivity index (χ1n) is 11.1. The Morgan fingerprint density at radius 2 is 1.74 bits per heavy atom. The standard InChI is InChI=1S/C24H24ClN5O4/c25-23-19(15-26-30(24(23)32)18-4-2-1-3-5-18)29-10-8-28(9-11-29)16-22(31)27-17-6-7-20-21(14-17)34-13-12-33-20/h1-7,14-15H,8-13,16H2,(H,27,31). The number of piperazine rings is 1. The molecule has 1 amide bonds. The van der Waals surface area contributed by atoms with Crippen LogP contribution >= 0.6 is 11.6 Å². The van der Waals surface area contributed by atoms with E-state index in [9.17, 15) is 9.59 Å². The Kier molecular flexibility index (Phi) is 6.37. The number of para-hydroxylation sites is 1. The molecule has 2 aromatic carbocycles. The Labute approximate surface area is 201 Å². The number of carbonyl (C=O) groups excluding carboxylic acids is 1. The summed E-state index contributed by atoms with van der Waals surface area (Å²) < 4.78 is 12.4. The molecule has 2 aliphatic rings. The van der Waals surface area contributed by atoms with Gasteiger partial charge in [0.05, 0.1) is 24.1 Å². The number of rotatable bonds is 5. The van der Waals surface area contributed by atoms with E-state index < -0.39 is 0 Å². The summed E-state index contributed by atoms with van der Waals surface area (Å²) in [6.45, 7) is 3.87. The molecule has 1 saturated heterocycles. The zero-order valence-corrected chi connectivity index (χ0v) is 19.2. The lowest BCUT2D eigenvalue weighted by Crippen LogP contribution is -2.49. The minimum Gasteiger partial charge on any atom is -0.486 e. The third-order valence-electron chi connectivity index (χ3n) is 5.81. The number of carbonyl (C=O) groups is 1. The number of nitrogens with zero attached hydrogens (tertiary/aromatic N) is 4. The quantitative estimate of drug-likeness (QED) is 0.598. The van der Waals surface area contributed by atoms with Crippen LogP contribution in [0.25, 0.3) is 5.69 Å². The van der Waals surface area contributed by atoms with Gasteiger partial charge in [-0.15, -0.1) is 0 Å². The predicted octanol–water partition coefficient (Wildman–Crippen LogP) is 2.42. The number of hydrogen-bond donors (Lipinski definition) is 1. The number of hydrogen-bond acceptors (Lipinski definition) is 7. The molecule has 1 fully saturated rings. The fourth-order valence-electron chi connectivity index (χ4n) is 4.07. The Hall–Kier alpha value is -3.56. The van der Waals surface area contributed by atoms with Gasteiger partial charge in [-0.1, -0.05) is 29.8 Å². The normalized spacial score (nSPS) is 15.7. The zero-order chi connectivity index (χ0) is 23.5. The molecule has 0 radical (unpaired) electrons. The Bertz CT molecular complexity index is 1240. The van der Waals surface area contributed by atoms with Crippen molar-refractivity contribution < 1.29 is 14.3 Å². The first-order chi connectivity index (χ1) is 16.6. The van der Waals surface area contributed by atoms with Crippen molar-refractivity contribution >= 4 is 28.9 Å².